The largest absolute Gasteiger partial charge is 0.493 e. The lowest BCUT2D eigenvalue weighted by molar-refractivity contribution is 0.177. The third-order valence-electron chi connectivity index (χ3n) is 4.76. The molecule has 0 amide bonds. The van der Waals surface area contributed by atoms with Gasteiger partial charge in [0.2, 0.25) is 0 Å². The molecular formula is C18H21NO2. The van der Waals surface area contributed by atoms with E-state index in [0.717, 1.165) is 24.5 Å². The number of hydrogen-bond acceptors (Lipinski definition) is 3. The monoisotopic (exact) mass is 283 g/mol. The highest BCUT2D eigenvalue weighted by Crippen LogP contribution is 2.39. The number of rotatable bonds is 2. The van der Waals surface area contributed by atoms with Crippen LogP contribution in [0, 0.1) is 5.92 Å². The number of para-hydroxylation sites is 1. The van der Waals surface area contributed by atoms with E-state index in [0.29, 0.717) is 18.0 Å². The van der Waals surface area contributed by atoms with Crippen molar-refractivity contribution >= 4 is 0 Å². The third-order valence-corrected chi connectivity index (χ3v) is 4.76. The standard InChI is InChI=1S/C18H21NO2/c1-12-11-21-17-7-3-2-5-14(17)18(12)19-15-6-4-8-16-13(15)9-10-20-16/h2-3,5,7,9-10,12,15,18-19H,4,6,8,11H2,1H3. The molecule has 2 heterocycles. The average Bonchev–Trinajstić information content (AvgIpc) is 2.99. The van der Waals surface area contributed by atoms with Crippen molar-refractivity contribution in [1.29, 1.82) is 0 Å². The fourth-order valence-corrected chi connectivity index (χ4v) is 3.62. The van der Waals surface area contributed by atoms with Crippen LogP contribution in [0.25, 0.3) is 0 Å². The minimum atomic E-state index is 0.348. The van der Waals surface area contributed by atoms with Crippen LogP contribution in [0.3, 0.4) is 0 Å². The molecule has 1 N–H and O–H groups in total. The molecule has 21 heavy (non-hydrogen) atoms. The summed E-state index contributed by atoms with van der Waals surface area (Å²) < 4.78 is 11.5. The quantitative estimate of drug-likeness (QED) is 0.904. The molecule has 3 atom stereocenters. The lowest BCUT2D eigenvalue weighted by atomic mass is 9.88. The zero-order valence-electron chi connectivity index (χ0n) is 12.3. The van der Waals surface area contributed by atoms with Crippen LogP contribution in [0.1, 0.15) is 48.7 Å². The molecule has 1 aliphatic heterocycles. The molecule has 0 radical (unpaired) electrons. The Morgan fingerprint density at radius 2 is 2.05 bits per heavy atom. The number of nitrogens with one attached hydrogen (secondary N) is 1. The van der Waals surface area contributed by atoms with Crippen molar-refractivity contribution in [2.75, 3.05) is 6.61 Å². The molecule has 3 nitrogen and oxygen atoms in total. The normalized spacial score (nSPS) is 27.6. The third kappa shape index (κ3) is 2.26. The summed E-state index contributed by atoms with van der Waals surface area (Å²) in [5.74, 6) is 2.65. The molecule has 3 heteroatoms. The van der Waals surface area contributed by atoms with Crippen LogP contribution in [-0.4, -0.2) is 6.61 Å². The molecule has 0 spiro atoms. The molecule has 0 saturated heterocycles. The first kappa shape index (κ1) is 13.0. The van der Waals surface area contributed by atoms with E-state index >= 15 is 0 Å². The minimum absolute atomic E-state index is 0.348. The second-order valence-electron chi connectivity index (χ2n) is 6.21. The lowest BCUT2D eigenvalue weighted by Gasteiger charge is -2.36. The van der Waals surface area contributed by atoms with Crippen molar-refractivity contribution in [3.8, 4) is 5.75 Å². The number of hydrogen-bond donors (Lipinski definition) is 1. The summed E-state index contributed by atoms with van der Waals surface area (Å²) in [6, 6.07) is 11.3. The van der Waals surface area contributed by atoms with Gasteiger partial charge in [0, 0.05) is 35.5 Å². The number of fused-ring (bicyclic) bond motifs is 2. The van der Waals surface area contributed by atoms with Gasteiger partial charge in [-0.3, -0.25) is 0 Å². The first-order valence-corrected chi connectivity index (χ1v) is 7.87. The van der Waals surface area contributed by atoms with E-state index in [9.17, 15) is 0 Å². The number of benzene rings is 1. The molecule has 1 aromatic carbocycles. The van der Waals surface area contributed by atoms with Gasteiger partial charge in [0.15, 0.2) is 0 Å². The Morgan fingerprint density at radius 3 is 3.00 bits per heavy atom. The van der Waals surface area contributed by atoms with E-state index in [4.69, 9.17) is 9.15 Å². The molecule has 1 aliphatic carbocycles. The average molecular weight is 283 g/mol. The van der Waals surface area contributed by atoms with Gasteiger partial charge < -0.3 is 14.5 Å². The smallest absolute Gasteiger partial charge is 0.124 e. The molecule has 0 fully saturated rings. The maximum Gasteiger partial charge on any atom is 0.124 e. The van der Waals surface area contributed by atoms with Crippen molar-refractivity contribution < 1.29 is 9.15 Å². The Kier molecular flexibility index (Phi) is 3.23. The fourth-order valence-electron chi connectivity index (χ4n) is 3.62. The fraction of sp³-hybridized carbons (Fsp3) is 0.444. The summed E-state index contributed by atoms with van der Waals surface area (Å²) in [5, 5.41) is 3.87. The minimum Gasteiger partial charge on any atom is -0.493 e. The number of ether oxygens (including phenoxy) is 1. The summed E-state index contributed by atoms with van der Waals surface area (Å²) >= 11 is 0. The Hall–Kier alpha value is -1.74. The second-order valence-corrected chi connectivity index (χ2v) is 6.21. The van der Waals surface area contributed by atoms with E-state index in [-0.39, 0.29) is 0 Å². The molecule has 0 bridgehead atoms. The zero-order chi connectivity index (χ0) is 14.2. The van der Waals surface area contributed by atoms with Crippen molar-refractivity contribution in [3.63, 3.8) is 0 Å². The highest BCUT2D eigenvalue weighted by molar-refractivity contribution is 5.38. The number of furan rings is 1. The van der Waals surface area contributed by atoms with Gasteiger partial charge in [-0.05, 0) is 25.0 Å². The summed E-state index contributed by atoms with van der Waals surface area (Å²) in [5.41, 5.74) is 2.63. The van der Waals surface area contributed by atoms with Crippen molar-refractivity contribution in [2.45, 2.75) is 38.3 Å². The van der Waals surface area contributed by atoms with Crippen LogP contribution < -0.4 is 10.1 Å². The van der Waals surface area contributed by atoms with Crippen LogP contribution in [0.2, 0.25) is 0 Å². The van der Waals surface area contributed by atoms with Crippen LogP contribution in [-0.2, 0) is 6.42 Å². The van der Waals surface area contributed by atoms with E-state index in [2.05, 4.69) is 36.5 Å². The highest BCUT2D eigenvalue weighted by Gasteiger charge is 2.32. The van der Waals surface area contributed by atoms with Gasteiger partial charge >= 0.3 is 0 Å². The predicted molar refractivity (Wildman–Crippen MR) is 81.4 cm³/mol. The molecule has 2 aliphatic rings. The predicted octanol–water partition coefficient (Wildman–Crippen LogP) is 4.02. The van der Waals surface area contributed by atoms with Gasteiger partial charge in [-0.1, -0.05) is 25.1 Å². The van der Waals surface area contributed by atoms with Crippen LogP contribution >= 0.6 is 0 Å². The van der Waals surface area contributed by atoms with Crippen molar-refractivity contribution in [2.24, 2.45) is 5.92 Å². The molecule has 0 saturated carbocycles. The Bertz CT molecular complexity index is 634. The Morgan fingerprint density at radius 1 is 1.14 bits per heavy atom. The van der Waals surface area contributed by atoms with E-state index in [1.165, 1.54) is 24.0 Å². The summed E-state index contributed by atoms with van der Waals surface area (Å²) in [7, 11) is 0. The first-order chi connectivity index (χ1) is 10.3. The van der Waals surface area contributed by atoms with Crippen LogP contribution in [0.5, 0.6) is 5.75 Å². The molecule has 3 unspecified atom stereocenters. The van der Waals surface area contributed by atoms with Gasteiger partial charge in [0.05, 0.1) is 12.9 Å². The molecule has 4 rings (SSSR count). The molecular weight excluding hydrogens is 262 g/mol. The summed E-state index contributed by atoms with van der Waals surface area (Å²) in [4.78, 5) is 0. The maximum absolute atomic E-state index is 5.85. The Balaban J connectivity index is 1.63. The van der Waals surface area contributed by atoms with Gasteiger partial charge in [0.25, 0.3) is 0 Å². The molecule has 1 aromatic heterocycles. The molecule has 110 valence electrons. The van der Waals surface area contributed by atoms with Gasteiger partial charge in [-0.2, -0.15) is 0 Å². The van der Waals surface area contributed by atoms with Crippen molar-refractivity contribution in [1.82, 2.24) is 5.32 Å². The summed E-state index contributed by atoms with van der Waals surface area (Å²) in [6.07, 6.45) is 5.27. The highest BCUT2D eigenvalue weighted by atomic mass is 16.5. The second kappa shape index (κ2) is 5.23. The van der Waals surface area contributed by atoms with Crippen LogP contribution in [0.15, 0.2) is 41.0 Å². The van der Waals surface area contributed by atoms with Gasteiger partial charge in [-0.25, -0.2) is 0 Å². The van der Waals surface area contributed by atoms with Gasteiger partial charge in [-0.15, -0.1) is 0 Å². The molecule has 2 aromatic rings. The van der Waals surface area contributed by atoms with E-state index in [1.807, 2.05) is 12.3 Å². The first-order valence-electron chi connectivity index (χ1n) is 7.87. The topological polar surface area (TPSA) is 34.4 Å². The summed E-state index contributed by atoms with van der Waals surface area (Å²) in [6.45, 7) is 3.03. The van der Waals surface area contributed by atoms with Crippen LogP contribution in [0.4, 0.5) is 0 Å². The Labute approximate surface area is 125 Å². The number of aryl methyl sites for hydroxylation is 1. The van der Waals surface area contributed by atoms with E-state index < -0.39 is 0 Å². The van der Waals surface area contributed by atoms with Gasteiger partial charge in [0.1, 0.15) is 11.5 Å². The van der Waals surface area contributed by atoms with E-state index in [1.54, 1.807) is 0 Å². The maximum atomic E-state index is 5.85. The zero-order valence-corrected chi connectivity index (χ0v) is 12.3. The lowest BCUT2D eigenvalue weighted by Crippen LogP contribution is -2.37. The van der Waals surface area contributed by atoms with Crippen molar-refractivity contribution in [3.05, 3.63) is 53.5 Å². The SMILES string of the molecule is CC1COc2ccccc2C1NC1CCCc2occc21.